The molecule has 0 radical (unpaired) electrons. The van der Waals surface area contributed by atoms with Crippen LogP contribution in [0.5, 0.6) is 0 Å². The van der Waals surface area contributed by atoms with Crippen molar-refractivity contribution >= 4 is 45.8 Å². The number of esters is 1. The van der Waals surface area contributed by atoms with Gasteiger partial charge in [-0.2, -0.15) is 0 Å². The number of halogens is 1. The average molecular weight is 440 g/mol. The predicted octanol–water partition coefficient (Wildman–Crippen LogP) is 3.30. The third-order valence-electron chi connectivity index (χ3n) is 3.20. The number of benzene rings is 2. The summed E-state index contributed by atoms with van der Waals surface area (Å²) in [5.41, 5.74) is 0.917. The normalized spacial score (nSPS) is 10.1. The monoisotopic (exact) mass is 440 g/mol. The summed E-state index contributed by atoms with van der Waals surface area (Å²) in [7, 11) is 0. The van der Waals surface area contributed by atoms with Crippen LogP contribution >= 0.6 is 22.6 Å². The first-order chi connectivity index (χ1) is 11.4. The predicted molar refractivity (Wildman–Crippen MR) is 95.9 cm³/mol. The summed E-state index contributed by atoms with van der Waals surface area (Å²) >= 11 is 2.00. The Kier molecular flexibility index (Phi) is 5.85. The van der Waals surface area contributed by atoms with Crippen molar-refractivity contribution in [2.75, 3.05) is 11.9 Å². The maximum absolute atomic E-state index is 11.9. The lowest BCUT2D eigenvalue weighted by atomic mass is 10.1. The third kappa shape index (κ3) is 4.28. The number of ether oxygens (including phenoxy) is 1. The summed E-state index contributed by atoms with van der Waals surface area (Å²) in [6.07, 6.45) is 0. The van der Waals surface area contributed by atoms with Gasteiger partial charge in [0.1, 0.15) is 0 Å². The van der Waals surface area contributed by atoms with Crippen LogP contribution < -0.4 is 5.32 Å². The quantitative estimate of drug-likeness (QED) is 0.333. The van der Waals surface area contributed by atoms with Gasteiger partial charge in [-0.1, -0.05) is 18.2 Å². The van der Waals surface area contributed by atoms with Crippen LogP contribution in [0, 0.1) is 20.6 Å². The Hall–Kier alpha value is -2.49. The van der Waals surface area contributed by atoms with E-state index in [-0.39, 0.29) is 5.69 Å². The lowest BCUT2D eigenvalue weighted by Crippen LogP contribution is -2.21. The van der Waals surface area contributed by atoms with Gasteiger partial charge in [0.25, 0.3) is 11.6 Å². The van der Waals surface area contributed by atoms with E-state index in [1.165, 1.54) is 19.1 Å². The molecular formula is C16H13IN2O5. The van der Waals surface area contributed by atoms with E-state index in [0.29, 0.717) is 16.8 Å². The number of amides is 1. The molecule has 0 saturated heterocycles. The molecule has 0 aliphatic heterocycles. The maximum atomic E-state index is 11.9. The Bertz CT molecular complexity index is 807. The van der Waals surface area contributed by atoms with Crippen LogP contribution in [0.2, 0.25) is 0 Å². The van der Waals surface area contributed by atoms with Gasteiger partial charge in [0.15, 0.2) is 6.61 Å². The highest BCUT2D eigenvalue weighted by atomic mass is 127. The fourth-order valence-electron chi connectivity index (χ4n) is 1.98. The van der Waals surface area contributed by atoms with Gasteiger partial charge >= 0.3 is 5.97 Å². The van der Waals surface area contributed by atoms with Crippen LogP contribution in [0.1, 0.15) is 15.9 Å². The van der Waals surface area contributed by atoms with Gasteiger partial charge < -0.3 is 10.1 Å². The first kappa shape index (κ1) is 17.9. The molecule has 2 aromatic rings. The molecule has 0 heterocycles. The highest BCUT2D eigenvalue weighted by Gasteiger charge is 2.16. The number of hydrogen-bond acceptors (Lipinski definition) is 5. The standard InChI is InChI=1S/C16H13IN2O5/c1-10-13(7-4-8-14(10)19(22)23)18-15(20)9-24-16(21)11-5-2-3-6-12(11)17/h2-8H,9H2,1H3,(H,18,20). The first-order valence-electron chi connectivity index (χ1n) is 6.85. The zero-order valence-electron chi connectivity index (χ0n) is 12.6. The molecule has 124 valence electrons. The van der Waals surface area contributed by atoms with Crippen molar-refractivity contribution < 1.29 is 19.2 Å². The second kappa shape index (κ2) is 7.86. The van der Waals surface area contributed by atoms with Gasteiger partial charge in [-0.25, -0.2) is 4.79 Å². The van der Waals surface area contributed by atoms with Crippen LogP contribution in [-0.4, -0.2) is 23.4 Å². The zero-order valence-corrected chi connectivity index (χ0v) is 14.8. The molecule has 0 fully saturated rings. The van der Waals surface area contributed by atoms with Gasteiger partial charge in [-0.3, -0.25) is 14.9 Å². The van der Waals surface area contributed by atoms with Crippen molar-refractivity contribution in [3.05, 3.63) is 67.3 Å². The van der Waals surface area contributed by atoms with Gasteiger partial charge in [0.05, 0.1) is 21.7 Å². The van der Waals surface area contributed by atoms with Crippen molar-refractivity contribution in [3.63, 3.8) is 0 Å². The van der Waals surface area contributed by atoms with E-state index < -0.39 is 23.4 Å². The first-order valence-corrected chi connectivity index (χ1v) is 7.93. The highest BCUT2D eigenvalue weighted by Crippen LogP contribution is 2.24. The van der Waals surface area contributed by atoms with E-state index in [9.17, 15) is 19.7 Å². The lowest BCUT2D eigenvalue weighted by Gasteiger charge is -2.09. The van der Waals surface area contributed by atoms with E-state index >= 15 is 0 Å². The lowest BCUT2D eigenvalue weighted by molar-refractivity contribution is -0.385. The molecular weight excluding hydrogens is 427 g/mol. The topological polar surface area (TPSA) is 98.5 Å². The summed E-state index contributed by atoms with van der Waals surface area (Å²) in [5, 5.41) is 13.4. The molecule has 0 saturated carbocycles. The Morgan fingerprint density at radius 3 is 2.58 bits per heavy atom. The number of hydrogen-bond donors (Lipinski definition) is 1. The number of anilines is 1. The second-order valence-electron chi connectivity index (χ2n) is 4.81. The van der Waals surface area contributed by atoms with Gasteiger partial charge in [-0.05, 0) is 47.7 Å². The summed E-state index contributed by atoms with van der Waals surface area (Å²) in [5.74, 6) is -1.18. The number of nitrogens with one attached hydrogen (secondary N) is 1. The minimum atomic E-state index is -0.606. The van der Waals surface area contributed by atoms with E-state index in [4.69, 9.17) is 4.74 Å². The Morgan fingerprint density at radius 1 is 1.21 bits per heavy atom. The van der Waals surface area contributed by atoms with Crippen molar-refractivity contribution in [2.24, 2.45) is 0 Å². The van der Waals surface area contributed by atoms with E-state index in [1.54, 1.807) is 30.3 Å². The number of nitro groups is 1. The molecule has 1 N–H and O–H groups in total. The summed E-state index contributed by atoms with van der Waals surface area (Å²) < 4.78 is 5.69. The third-order valence-corrected chi connectivity index (χ3v) is 4.14. The molecule has 0 bridgehead atoms. The highest BCUT2D eigenvalue weighted by molar-refractivity contribution is 14.1. The second-order valence-corrected chi connectivity index (χ2v) is 5.97. The number of nitro benzene ring substituents is 1. The molecule has 24 heavy (non-hydrogen) atoms. The van der Waals surface area contributed by atoms with Crippen molar-refractivity contribution in [2.45, 2.75) is 6.92 Å². The molecule has 8 heteroatoms. The number of carbonyl (C=O) groups is 2. The molecule has 0 atom stereocenters. The maximum Gasteiger partial charge on any atom is 0.339 e. The van der Waals surface area contributed by atoms with Crippen LogP contribution in [0.25, 0.3) is 0 Å². The van der Waals surface area contributed by atoms with E-state index in [0.717, 1.165) is 3.57 Å². The average Bonchev–Trinajstić information content (AvgIpc) is 2.54. The smallest absolute Gasteiger partial charge is 0.339 e. The molecule has 0 aliphatic carbocycles. The summed E-state index contributed by atoms with van der Waals surface area (Å²) in [4.78, 5) is 34.2. The van der Waals surface area contributed by atoms with Crippen LogP contribution in [0.3, 0.4) is 0 Å². The summed E-state index contributed by atoms with van der Waals surface area (Å²) in [6, 6.07) is 11.2. The Morgan fingerprint density at radius 2 is 1.92 bits per heavy atom. The Balaban J connectivity index is 2.00. The van der Waals surface area contributed by atoms with Gasteiger partial charge in [0.2, 0.25) is 0 Å². The molecule has 2 aromatic carbocycles. The molecule has 1 amide bonds. The minimum Gasteiger partial charge on any atom is -0.452 e. The van der Waals surface area contributed by atoms with Crippen molar-refractivity contribution in [1.82, 2.24) is 0 Å². The summed E-state index contributed by atoms with van der Waals surface area (Å²) in [6.45, 7) is 1.05. The molecule has 0 aliphatic rings. The molecule has 0 aromatic heterocycles. The molecule has 2 rings (SSSR count). The zero-order chi connectivity index (χ0) is 17.7. The fraction of sp³-hybridized carbons (Fsp3) is 0.125. The number of nitrogens with zero attached hydrogens (tertiary/aromatic N) is 1. The largest absolute Gasteiger partial charge is 0.452 e. The van der Waals surface area contributed by atoms with Crippen molar-refractivity contribution in [3.8, 4) is 0 Å². The number of carbonyl (C=O) groups excluding carboxylic acids is 2. The SMILES string of the molecule is Cc1c(NC(=O)COC(=O)c2ccccc2I)cccc1[N+](=O)[O-]. The van der Waals surface area contributed by atoms with Gasteiger partial charge in [0, 0.05) is 9.64 Å². The van der Waals surface area contributed by atoms with Crippen LogP contribution in [0.15, 0.2) is 42.5 Å². The minimum absolute atomic E-state index is 0.0939. The van der Waals surface area contributed by atoms with Crippen LogP contribution in [-0.2, 0) is 9.53 Å². The number of rotatable bonds is 5. The molecule has 0 spiro atoms. The van der Waals surface area contributed by atoms with E-state index in [1.807, 2.05) is 22.6 Å². The van der Waals surface area contributed by atoms with Crippen molar-refractivity contribution in [1.29, 1.82) is 0 Å². The van der Waals surface area contributed by atoms with E-state index in [2.05, 4.69) is 5.32 Å². The molecule has 7 nitrogen and oxygen atoms in total. The fourth-order valence-corrected chi connectivity index (χ4v) is 2.59. The Labute approximate surface area is 151 Å². The van der Waals surface area contributed by atoms with Gasteiger partial charge in [-0.15, -0.1) is 0 Å². The molecule has 0 unspecified atom stereocenters. The van der Waals surface area contributed by atoms with Crippen LogP contribution in [0.4, 0.5) is 11.4 Å².